The van der Waals surface area contributed by atoms with Gasteiger partial charge in [0.2, 0.25) is 0 Å². The fourth-order valence-corrected chi connectivity index (χ4v) is 4.10. The fourth-order valence-electron chi connectivity index (χ4n) is 3.55. The van der Waals surface area contributed by atoms with Gasteiger partial charge in [-0.05, 0) is 43.0 Å². The zero-order valence-corrected chi connectivity index (χ0v) is 18.6. The van der Waals surface area contributed by atoms with Gasteiger partial charge in [-0.2, -0.15) is 13.2 Å². The molecule has 0 radical (unpaired) electrons. The molecular weight excluding hydrogens is 477 g/mol. The Hall–Kier alpha value is -2.55. The number of halogens is 4. The molecule has 3 rings (SSSR count). The molecule has 2 atom stereocenters. The first kappa shape index (κ1) is 23.1. The first-order chi connectivity index (χ1) is 14.7. The van der Waals surface area contributed by atoms with E-state index in [4.69, 9.17) is 4.74 Å². The molecule has 5 nitrogen and oxygen atoms in total. The molecular formula is C22H22BrF3N2O3. The van der Waals surface area contributed by atoms with Crippen LogP contribution in [-0.4, -0.2) is 30.0 Å². The second-order valence-corrected chi connectivity index (χ2v) is 7.82. The van der Waals surface area contributed by atoms with Crippen molar-refractivity contribution in [1.29, 1.82) is 0 Å². The van der Waals surface area contributed by atoms with E-state index in [1.807, 2.05) is 25.2 Å². The summed E-state index contributed by atoms with van der Waals surface area (Å²) in [7, 11) is 0. The van der Waals surface area contributed by atoms with Crippen LogP contribution in [0.5, 0.6) is 0 Å². The van der Waals surface area contributed by atoms with Gasteiger partial charge in [0.15, 0.2) is 0 Å². The molecule has 0 saturated carbocycles. The van der Waals surface area contributed by atoms with Crippen molar-refractivity contribution >= 4 is 33.6 Å². The lowest BCUT2D eigenvalue weighted by molar-refractivity contribution is -0.139. The van der Waals surface area contributed by atoms with Crippen LogP contribution >= 0.6 is 15.9 Å². The minimum Gasteiger partial charge on any atom is -0.463 e. The molecule has 166 valence electrons. The molecule has 1 N–H and O–H groups in total. The van der Waals surface area contributed by atoms with E-state index < -0.39 is 29.8 Å². The predicted octanol–water partition coefficient (Wildman–Crippen LogP) is 5.34. The second kappa shape index (κ2) is 9.30. The van der Waals surface area contributed by atoms with Crippen molar-refractivity contribution in [2.45, 2.75) is 32.5 Å². The maximum absolute atomic E-state index is 13.2. The van der Waals surface area contributed by atoms with E-state index in [1.54, 1.807) is 6.92 Å². The molecule has 2 amide bonds. The standard InChI is InChI=1S/C22H22BrF3N2O3/c1-3-31-20(29)18-17(12-23)28(16-6-4-5-15(11-16)22(24,25)26)21(30)27-19(18)14-9-7-13(2)8-10-14/h4-7,9-11,13,19H,3,8,12H2,1-2H3,(H,27,30). The van der Waals surface area contributed by atoms with E-state index in [2.05, 4.69) is 21.2 Å². The molecule has 1 heterocycles. The number of nitrogens with one attached hydrogen (secondary N) is 1. The van der Waals surface area contributed by atoms with E-state index in [0.29, 0.717) is 5.92 Å². The van der Waals surface area contributed by atoms with Gasteiger partial charge in [-0.25, -0.2) is 9.59 Å². The van der Waals surface area contributed by atoms with Crippen molar-refractivity contribution in [1.82, 2.24) is 5.32 Å². The lowest BCUT2D eigenvalue weighted by Gasteiger charge is -2.37. The Morgan fingerprint density at radius 3 is 2.68 bits per heavy atom. The Kier molecular flexibility index (Phi) is 6.93. The van der Waals surface area contributed by atoms with Gasteiger partial charge in [0.1, 0.15) is 0 Å². The topological polar surface area (TPSA) is 58.6 Å². The average Bonchev–Trinajstić information content (AvgIpc) is 2.73. The quantitative estimate of drug-likeness (QED) is 0.440. The molecule has 2 aliphatic rings. The molecule has 1 aliphatic carbocycles. The summed E-state index contributed by atoms with van der Waals surface area (Å²) in [5.41, 5.74) is 0.263. The third-order valence-corrected chi connectivity index (χ3v) is 5.60. The van der Waals surface area contributed by atoms with E-state index in [-0.39, 0.29) is 28.9 Å². The number of carbonyl (C=O) groups is 2. The Bertz CT molecular complexity index is 969. The van der Waals surface area contributed by atoms with Gasteiger partial charge in [-0.1, -0.05) is 47.1 Å². The van der Waals surface area contributed by atoms with Gasteiger partial charge in [0.05, 0.1) is 35.2 Å². The minimum absolute atomic E-state index is 0.00353. The number of anilines is 1. The molecule has 0 fully saturated rings. The summed E-state index contributed by atoms with van der Waals surface area (Å²) in [6, 6.07) is 3.04. The highest BCUT2D eigenvalue weighted by atomic mass is 79.9. The summed E-state index contributed by atoms with van der Waals surface area (Å²) >= 11 is 3.31. The molecule has 0 spiro atoms. The summed E-state index contributed by atoms with van der Waals surface area (Å²) in [4.78, 5) is 27.0. The third kappa shape index (κ3) is 4.87. The summed E-state index contributed by atoms with van der Waals surface area (Å²) in [5.74, 6) is -0.304. The van der Waals surface area contributed by atoms with Gasteiger partial charge >= 0.3 is 18.2 Å². The molecule has 0 bridgehead atoms. The lowest BCUT2D eigenvalue weighted by Crippen LogP contribution is -2.53. The van der Waals surface area contributed by atoms with E-state index in [9.17, 15) is 22.8 Å². The molecule has 1 aliphatic heterocycles. The number of amides is 2. The van der Waals surface area contributed by atoms with Crippen molar-refractivity contribution in [2.75, 3.05) is 16.8 Å². The Morgan fingerprint density at radius 2 is 2.10 bits per heavy atom. The molecule has 0 aromatic heterocycles. The monoisotopic (exact) mass is 498 g/mol. The highest BCUT2D eigenvalue weighted by molar-refractivity contribution is 9.09. The second-order valence-electron chi connectivity index (χ2n) is 7.26. The largest absolute Gasteiger partial charge is 0.463 e. The van der Waals surface area contributed by atoms with Crippen LogP contribution in [0, 0.1) is 5.92 Å². The molecule has 31 heavy (non-hydrogen) atoms. The van der Waals surface area contributed by atoms with Crippen LogP contribution in [0.15, 0.2) is 59.3 Å². The first-order valence-corrected chi connectivity index (χ1v) is 10.9. The van der Waals surface area contributed by atoms with Crippen molar-refractivity contribution in [3.8, 4) is 0 Å². The number of rotatable bonds is 5. The van der Waals surface area contributed by atoms with Crippen LogP contribution in [0.4, 0.5) is 23.7 Å². The van der Waals surface area contributed by atoms with Gasteiger partial charge in [-0.15, -0.1) is 0 Å². The number of nitrogens with zero attached hydrogens (tertiary/aromatic N) is 1. The highest BCUT2D eigenvalue weighted by Gasteiger charge is 2.40. The van der Waals surface area contributed by atoms with Gasteiger partial charge in [0, 0.05) is 5.33 Å². The van der Waals surface area contributed by atoms with Crippen molar-refractivity contribution in [3.63, 3.8) is 0 Å². The molecule has 0 saturated heterocycles. The number of hydrogen-bond acceptors (Lipinski definition) is 3. The number of benzene rings is 1. The van der Waals surface area contributed by atoms with Crippen LogP contribution < -0.4 is 10.2 Å². The van der Waals surface area contributed by atoms with Crippen molar-refractivity contribution < 1.29 is 27.5 Å². The van der Waals surface area contributed by atoms with Crippen LogP contribution in [0.2, 0.25) is 0 Å². The number of esters is 1. The first-order valence-electron chi connectivity index (χ1n) is 9.79. The van der Waals surface area contributed by atoms with Crippen LogP contribution in [0.25, 0.3) is 0 Å². The van der Waals surface area contributed by atoms with Crippen LogP contribution in [0.1, 0.15) is 25.8 Å². The Balaban J connectivity index is 2.14. The van der Waals surface area contributed by atoms with Crippen molar-refractivity contribution in [3.05, 3.63) is 64.9 Å². The zero-order valence-electron chi connectivity index (χ0n) is 17.0. The Morgan fingerprint density at radius 1 is 1.35 bits per heavy atom. The van der Waals surface area contributed by atoms with E-state index >= 15 is 0 Å². The predicted molar refractivity (Wildman–Crippen MR) is 115 cm³/mol. The van der Waals surface area contributed by atoms with Gasteiger partial charge in [-0.3, -0.25) is 4.90 Å². The lowest BCUT2D eigenvalue weighted by atomic mass is 9.88. The summed E-state index contributed by atoms with van der Waals surface area (Å²) in [6.07, 6.45) is 1.96. The maximum Gasteiger partial charge on any atom is 0.416 e. The fraction of sp³-hybridized carbons (Fsp3) is 0.364. The van der Waals surface area contributed by atoms with E-state index in [1.165, 1.54) is 12.1 Å². The highest BCUT2D eigenvalue weighted by Crippen LogP contribution is 2.36. The normalized spacial score (nSPS) is 21.7. The number of allylic oxidation sites excluding steroid dienone is 3. The van der Waals surface area contributed by atoms with Crippen LogP contribution in [0.3, 0.4) is 0 Å². The van der Waals surface area contributed by atoms with Gasteiger partial charge < -0.3 is 10.1 Å². The average molecular weight is 499 g/mol. The maximum atomic E-state index is 13.2. The number of hydrogen-bond donors (Lipinski definition) is 1. The number of alkyl halides is 4. The summed E-state index contributed by atoms with van der Waals surface area (Å²) < 4.78 is 44.9. The SMILES string of the molecule is CCOC(=O)C1=C(CBr)N(c2cccc(C(F)(F)F)c2)C(=O)NC1C1=CCC(C)C=C1. The molecule has 2 unspecified atom stereocenters. The number of urea groups is 1. The van der Waals surface area contributed by atoms with E-state index in [0.717, 1.165) is 29.0 Å². The van der Waals surface area contributed by atoms with Crippen molar-refractivity contribution in [2.24, 2.45) is 5.92 Å². The number of carbonyl (C=O) groups excluding carboxylic acids is 2. The Labute approximate surface area is 186 Å². The molecule has 1 aromatic carbocycles. The number of ether oxygens (including phenoxy) is 1. The molecule has 9 heteroatoms. The smallest absolute Gasteiger partial charge is 0.416 e. The molecule has 1 aromatic rings. The summed E-state index contributed by atoms with van der Waals surface area (Å²) in [6.45, 7) is 3.83. The zero-order chi connectivity index (χ0) is 22.8. The minimum atomic E-state index is -4.57. The van der Waals surface area contributed by atoms with Gasteiger partial charge in [0.25, 0.3) is 0 Å². The third-order valence-electron chi connectivity index (χ3n) is 5.07. The summed E-state index contributed by atoms with van der Waals surface area (Å²) in [5, 5.41) is 2.83. The van der Waals surface area contributed by atoms with Crippen LogP contribution in [-0.2, 0) is 15.7 Å².